The number of nitrogens with one attached hydrogen (secondary N) is 1. The number of carbonyl (C=O) groups excluding carboxylic acids is 1. The molecular formula is C14H10BrNO2S. The van der Waals surface area contributed by atoms with E-state index >= 15 is 0 Å². The molecule has 0 spiro atoms. The molecule has 0 aliphatic rings. The van der Waals surface area contributed by atoms with Crippen molar-refractivity contribution in [2.24, 2.45) is 0 Å². The van der Waals surface area contributed by atoms with Crippen molar-refractivity contribution in [2.75, 3.05) is 7.11 Å². The van der Waals surface area contributed by atoms with Crippen molar-refractivity contribution in [1.29, 1.82) is 0 Å². The maximum absolute atomic E-state index is 12.5. The average Bonchev–Trinajstić information content (AvgIpc) is 3.03. The van der Waals surface area contributed by atoms with Crippen molar-refractivity contribution in [3.63, 3.8) is 0 Å². The van der Waals surface area contributed by atoms with Gasteiger partial charge in [-0.15, -0.1) is 11.3 Å². The van der Waals surface area contributed by atoms with E-state index in [1.165, 1.54) is 11.3 Å². The average molecular weight is 336 g/mol. The van der Waals surface area contributed by atoms with Gasteiger partial charge in [0.15, 0.2) is 0 Å². The monoisotopic (exact) mass is 335 g/mol. The molecule has 0 atom stereocenters. The van der Waals surface area contributed by atoms with Gasteiger partial charge in [-0.1, -0.05) is 22.0 Å². The minimum absolute atomic E-state index is 0.0156. The highest BCUT2D eigenvalue weighted by atomic mass is 79.9. The van der Waals surface area contributed by atoms with E-state index in [1.54, 1.807) is 19.4 Å². The van der Waals surface area contributed by atoms with Crippen LogP contribution in [0.2, 0.25) is 0 Å². The number of hydrogen-bond donors (Lipinski definition) is 1. The predicted molar refractivity (Wildman–Crippen MR) is 80.3 cm³/mol. The predicted octanol–water partition coefficient (Wildman–Crippen LogP) is 4.23. The fourth-order valence-corrected chi connectivity index (χ4v) is 3.13. The van der Waals surface area contributed by atoms with Gasteiger partial charge in [0.1, 0.15) is 5.75 Å². The number of aromatic amines is 1. The molecule has 0 aliphatic heterocycles. The molecule has 3 aromatic rings. The summed E-state index contributed by atoms with van der Waals surface area (Å²) in [5.41, 5.74) is 1.63. The standard InChI is InChI=1S/C14H10BrNO2S/c1-18-9-5-13(19-7-9)14(17)11-6-16-12-4-8(15)2-3-10(11)12/h2-7,16H,1H3. The van der Waals surface area contributed by atoms with Crippen LogP contribution < -0.4 is 4.74 Å². The summed E-state index contributed by atoms with van der Waals surface area (Å²) >= 11 is 4.81. The number of thiophene rings is 1. The molecule has 0 radical (unpaired) electrons. The lowest BCUT2D eigenvalue weighted by atomic mass is 10.1. The smallest absolute Gasteiger partial charge is 0.205 e. The number of methoxy groups -OCH3 is 1. The maximum Gasteiger partial charge on any atom is 0.205 e. The summed E-state index contributed by atoms with van der Waals surface area (Å²) in [5, 5.41) is 2.76. The second-order valence-electron chi connectivity index (χ2n) is 4.07. The summed E-state index contributed by atoms with van der Waals surface area (Å²) in [5.74, 6) is 0.734. The quantitative estimate of drug-likeness (QED) is 0.727. The number of ether oxygens (including phenoxy) is 1. The molecule has 5 heteroatoms. The molecule has 3 rings (SSSR count). The van der Waals surface area contributed by atoms with Gasteiger partial charge in [-0.25, -0.2) is 0 Å². The number of hydrogen-bond acceptors (Lipinski definition) is 3. The molecule has 3 nitrogen and oxygen atoms in total. The summed E-state index contributed by atoms with van der Waals surface area (Å²) in [7, 11) is 1.60. The number of benzene rings is 1. The Kier molecular flexibility index (Phi) is 3.16. The van der Waals surface area contributed by atoms with E-state index in [1.807, 2.05) is 23.6 Å². The van der Waals surface area contributed by atoms with Crippen molar-refractivity contribution in [3.05, 3.63) is 50.8 Å². The molecule has 0 saturated heterocycles. The van der Waals surface area contributed by atoms with Gasteiger partial charge in [0, 0.05) is 38.6 Å². The second kappa shape index (κ2) is 4.83. The zero-order chi connectivity index (χ0) is 13.4. The van der Waals surface area contributed by atoms with Crippen LogP contribution in [-0.4, -0.2) is 17.9 Å². The largest absolute Gasteiger partial charge is 0.496 e. The first kappa shape index (κ1) is 12.4. The molecule has 1 N–H and O–H groups in total. The van der Waals surface area contributed by atoms with Crippen LogP contribution in [0.3, 0.4) is 0 Å². The topological polar surface area (TPSA) is 42.1 Å². The number of ketones is 1. The van der Waals surface area contributed by atoms with Crippen molar-refractivity contribution in [2.45, 2.75) is 0 Å². The first-order valence-corrected chi connectivity index (χ1v) is 7.30. The number of fused-ring (bicyclic) bond motifs is 1. The molecule has 0 bridgehead atoms. The van der Waals surface area contributed by atoms with Crippen LogP contribution in [0, 0.1) is 0 Å². The van der Waals surface area contributed by atoms with E-state index in [0.29, 0.717) is 10.4 Å². The third-order valence-corrected chi connectivity index (χ3v) is 4.32. The van der Waals surface area contributed by atoms with Crippen LogP contribution in [0.15, 0.2) is 40.3 Å². The van der Waals surface area contributed by atoms with Gasteiger partial charge in [-0.2, -0.15) is 0 Å². The minimum atomic E-state index is 0.0156. The fraction of sp³-hybridized carbons (Fsp3) is 0.0714. The molecule has 2 aromatic heterocycles. The molecule has 0 aliphatic carbocycles. The Morgan fingerprint density at radius 3 is 2.95 bits per heavy atom. The number of H-pyrrole nitrogens is 1. The highest BCUT2D eigenvalue weighted by molar-refractivity contribution is 9.10. The summed E-state index contributed by atoms with van der Waals surface area (Å²) < 4.78 is 6.09. The van der Waals surface area contributed by atoms with Crippen LogP contribution in [0.5, 0.6) is 5.75 Å². The summed E-state index contributed by atoms with van der Waals surface area (Å²) in [6.07, 6.45) is 1.76. The van der Waals surface area contributed by atoms with Gasteiger partial charge in [-0.3, -0.25) is 4.79 Å². The lowest BCUT2D eigenvalue weighted by Gasteiger charge is -1.96. The molecule has 0 unspecified atom stereocenters. The van der Waals surface area contributed by atoms with Crippen LogP contribution in [0.4, 0.5) is 0 Å². The zero-order valence-corrected chi connectivity index (χ0v) is 12.5. The van der Waals surface area contributed by atoms with Gasteiger partial charge < -0.3 is 9.72 Å². The van der Waals surface area contributed by atoms with Gasteiger partial charge in [0.2, 0.25) is 5.78 Å². The van der Waals surface area contributed by atoms with Crippen LogP contribution in [0.25, 0.3) is 10.9 Å². The Hall–Kier alpha value is -1.59. The first-order chi connectivity index (χ1) is 9.19. The molecule has 0 fully saturated rings. The van der Waals surface area contributed by atoms with E-state index in [-0.39, 0.29) is 5.78 Å². The summed E-state index contributed by atoms with van der Waals surface area (Å²) in [6.45, 7) is 0. The fourth-order valence-electron chi connectivity index (χ4n) is 1.96. The SMILES string of the molecule is COc1csc(C(=O)c2c[nH]c3cc(Br)ccc23)c1. The van der Waals surface area contributed by atoms with Gasteiger partial charge in [0.05, 0.1) is 12.0 Å². The van der Waals surface area contributed by atoms with Crippen LogP contribution in [0.1, 0.15) is 15.2 Å². The summed E-state index contributed by atoms with van der Waals surface area (Å²) in [4.78, 5) is 16.3. The molecule has 0 saturated carbocycles. The van der Waals surface area contributed by atoms with E-state index in [0.717, 1.165) is 21.1 Å². The molecule has 0 amide bonds. The molecule has 1 aromatic carbocycles. The minimum Gasteiger partial charge on any atom is -0.496 e. The van der Waals surface area contributed by atoms with E-state index in [2.05, 4.69) is 20.9 Å². The molecule has 19 heavy (non-hydrogen) atoms. The normalized spacial score (nSPS) is 10.8. The van der Waals surface area contributed by atoms with E-state index in [4.69, 9.17) is 4.74 Å². The maximum atomic E-state index is 12.5. The number of halogens is 1. The Bertz CT molecular complexity index is 760. The second-order valence-corrected chi connectivity index (χ2v) is 5.90. The van der Waals surface area contributed by atoms with Gasteiger partial charge >= 0.3 is 0 Å². The lowest BCUT2D eigenvalue weighted by molar-refractivity contribution is 0.104. The highest BCUT2D eigenvalue weighted by Crippen LogP contribution is 2.28. The first-order valence-electron chi connectivity index (χ1n) is 5.63. The number of aromatic nitrogens is 1. The Labute approximate surface area is 122 Å². The van der Waals surface area contributed by atoms with Crippen LogP contribution >= 0.6 is 27.3 Å². The van der Waals surface area contributed by atoms with Crippen molar-refractivity contribution in [3.8, 4) is 5.75 Å². The Morgan fingerprint density at radius 1 is 1.37 bits per heavy atom. The van der Waals surface area contributed by atoms with Crippen molar-refractivity contribution >= 4 is 44.0 Å². The van der Waals surface area contributed by atoms with Crippen molar-refractivity contribution < 1.29 is 9.53 Å². The Morgan fingerprint density at radius 2 is 2.21 bits per heavy atom. The van der Waals surface area contributed by atoms with Gasteiger partial charge in [-0.05, 0) is 12.1 Å². The van der Waals surface area contributed by atoms with Crippen molar-refractivity contribution in [1.82, 2.24) is 4.98 Å². The van der Waals surface area contributed by atoms with E-state index in [9.17, 15) is 4.79 Å². The number of carbonyl (C=O) groups is 1. The number of rotatable bonds is 3. The molecular weight excluding hydrogens is 326 g/mol. The van der Waals surface area contributed by atoms with Gasteiger partial charge in [0.25, 0.3) is 0 Å². The van der Waals surface area contributed by atoms with Crippen LogP contribution in [-0.2, 0) is 0 Å². The zero-order valence-electron chi connectivity index (χ0n) is 10.1. The third kappa shape index (κ3) is 2.19. The van der Waals surface area contributed by atoms with E-state index < -0.39 is 0 Å². The molecule has 96 valence electrons. The summed E-state index contributed by atoms with van der Waals surface area (Å²) in [6, 6.07) is 7.60. The third-order valence-electron chi connectivity index (χ3n) is 2.92. The Balaban J connectivity index is 2.06. The highest BCUT2D eigenvalue weighted by Gasteiger charge is 2.16. The molecule has 2 heterocycles. The lowest BCUT2D eigenvalue weighted by Crippen LogP contribution is -1.96.